The Balaban J connectivity index is 1.55. The quantitative estimate of drug-likeness (QED) is 0.856. The lowest BCUT2D eigenvalue weighted by Crippen LogP contribution is -2.32. The van der Waals surface area contributed by atoms with Gasteiger partial charge in [0, 0.05) is 25.2 Å². The van der Waals surface area contributed by atoms with Gasteiger partial charge in [0.1, 0.15) is 5.82 Å². The number of amides is 1. The fraction of sp³-hybridized carbons (Fsp3) is 0.611. The highest BCUT2D eigenvalue weighted by atomic mass is 19.1. The lowest BCUT2D eigenvalue weighted by atomic mass is 10.0. The number of nitrogens with zero attached hydrogens (tertiary/aromatic N) is 2. The standard InChI is InChI=1S/C18H25FN2O/c19-17-7-5-16(6-8-17)18(22)21-12-3-4-15(9-13-21)14-20-10-1-2-11-20/h5-8,15H,1-4,9-14H2. The molecule has 1 aromatic rings. The molecule has 0 bridgehead atoms. The van der Waals surface area contributed by atoms with Crippen LogP contribution >= 0.6 is 0 Å². The molecule has 2 saturated heterocycles. The molecule has 2 fully saturated rings. The van der Waals surface area contributed by atoms with E-state index >= 15 is 0 Å². The second kappa shape index (κ2) is 7.23. The van der Waals surface area contributed by atoms with Crippen molar-refractivity contribution in [3.8, 4) is 0 Å². The summed E-state index contributed by atoms with van der Waals surface area (Å²) in [5, 5.41) is 0. The van der Waals surface area contributed by atoms with E-state index in [9.17, 15) is 9.18 Å². The van der Waals surface area contributed by atoms with Crippen molar-refractivity contribution in [2.45, 2.75) is 32.1 Å². The molecule has 3 rings (SSSR count). The highest BCUT2D eigenvalue weighted by molar-refractivity contribution is 5.94. The number of halogens is 1. The smallest absolute Gasteiger partial charge is 0.253 e. The van der Waals surface area contributed by atoms with Gasteiger partial charge in [-0.05, 0) is 75.4 Å². The van der Waals surface area contributed by atoms with Crippen molar-refractivity contribution in [3.63, 3.8) is 0 Å². The molecule has 0 aliphatic carbocycles. The van der Waals surface area contributed by atoms with Gasteiger partial charge in [0.2, 0.25) is 0 Å². The first-order valence-electron chi connectivity index (χ1n) is 8.49. The zero-order valence-electron chi connectivity index (χ0n) is 13.1. The molecule has 22 heavy (non-hydrogen) atoms. The largest absolute Gasteiger partial charge is 0.339 e. The number of carbonyl (C=O) groups is 1. The van der Waals surface area contributed by atoms with E-state index in [1.54, 1.807) is 12.1 Å². The van der Waals surface area contributed by atoms with Gasteiger partial charge in [0.15, 0.2) is 0 Å². The van der Waals surface area contributed by atoms with Crippen LogP contribution in [0.1, 0.15) is 42.5 Å². The molecular formula is C18H25FN2O. The normalized spacial score (nSPS) is 23.5. The molecule has 4 heteroatoms. The molecule has 3 nitrogen and oxygen atoms in total. The summed E-state index contributed by atoms with van der Waals surface area (Å²) in [7, 11) is 0. The number of hydrogen-bond acceptors (Lipinski definition) is 2. The molecular weight excluding hydrogens is 279 g/mol. The molecule has 1 unspecified atom stereocenters. The molecule has 1 atom stereocenters. The van der Waals surface area contributed by atoms with E-state index in [0.717, 1.165) is 25.9 Å². The Kier molecular flexibility index (Phi) is 5.08. The molecule has 0 radical (unpaired) electrons. The van der Waals surface area contributed by atoms with Crippen molar-refractivity contribution in [3.05, 3.63) is 35.6 Å². The second-order valence-electron chi connectivity index (χ2n) is 6.60. The highest BCUT2D eigenvalue weighted by Gasteiger charge is 2.23. The Labute approximate surface area is 132 Å². The topological polar surface area (TPSA) is 23.6 Å². The van der Waals surface area contributed by atoms with Crippen LogP contribution in [0.2, 0.25) is 0 Å². The van der Waals surface area contributed by atoms with Gasteiger partial charge >= 0.3 is 0 Å². The van der Waals surface area contributed by atoms with E-state index < -0.39 is 0 Å². The van der Waals surface area contributed by atoms with Crippen LogP contribution in [0.15, 0.2) is 24.3 Å². The number of likely N-dealkylation sites (tertiary alicyclic amines) is 2. The van der Waals surface area contributed by atoms with Crippen molar-refractivity contribution >= 4 is 5.91 Å². The van der Waals surface area contributed by atoms with Crippen molar-refractivity contribution in [1.29, 1.82) is 0 Å². The zero-order valence-corrected chi connectivity index (χ0v) is 13.1. The molecule has 2 aliphatic heterocycles. The fourth-order valence-electron chi connectivity index (χ4n) is 3.66. The van der Waals surface area contributed by atoms with E-state index in [0.29, 0.717) is 11.5 Å². The van der Waals surface area contributed by atoms with Crippen LogP contribution in [0, 0.1) is 11.7 Å². The van der Waals surface area contributed by atoms with E-state index in [-0.39, 0.29) is 11.7 Å². The van der Waals surface area contributed by atoms with Crippen LogP contribution in [-0.4, -0.2) is 48.4 Å². The predicted octanol–water partition coefficient (Wildman–Crippen LogP) is 3.16. The third-order valence-corrected chi connectivity index (χ3v) is 4.94. The summed E-state index contributed by atoms with van der Waals surface area (Å²) in [6.45, 7) is 5.34. The molecule has 0 spiro atoms. The first-order valence-corrected chi connectivity index (χ1v) is 8.49. The summed E-state index contributed by atoms with van der Waals surface area (Å²) in [6, 6.07) is 5.90. The maximum atomic E-state index is 13.0. The Hall–Kier alpha value is -1.42. The monoisotopic (exact) mass is 304 g/mol. The lowest BCUT2D eigenvalue weighted by Gasteiger charge is -2.23. The van der Waals surface area contributed by atoms with E-state index in [4.69, 9.17) is 0 Å². The van der Waals surface area contributed by atoms with Gasteiger partial charge in [-0.2, -0.15) is 0 Å². The van der Waals surface area contributed by atoms with Crippen molar-refractivity contribution < 1.29 is 9.18 Å². The Morgan fingerprint density at radius 2 is 1.73 bits per heavy atom. The second-order valence-corrected chi connectivity index (χ2v) is 6.60. The van der Waals surface area contributed by atoms with Crippen LogP contribution in [-0.2, 0) is 0 Å². The minimum absolute atomic E-state index is 0.0434. The maximum Gasteiger partial charge on any atom is 0.253 e. The van der Waals surface area contributed by atoms with Gasteiger partial charge in [-0.15, -0.1) is 0 Å². The highest BCUT2D eigenvalue weighted by Crippen LogP contribution is 2.22. The van der Waals surface area contributed by atoms with Crippen molar-refractivity contribution in [2.24, 2.45) is 5.92 Å². The summed E-state index contributed by atoms with van der Waals surface area (Å²) in [5.74, 6) is 0.462. The van der Waals surface area contributed by atoms with Gasteiger partial charge < -0.3 is 9.80 Å². The molecule has 1 amide bonds. The van der Waals surface area contributed by atoms with Gasteiger partial charge in [-0.3, -0.25) is 4.79 Å². The van der Waals surface area contributed by atoms with Crippen LogP contribution in [0.5, 0.6) is 0 Å². The molecule has 2 aliphatic rings. The van der Waals surface area contributed by atoms with E-state index in [1.165, 1.54) is 51.0 Å². The van der Waals surface area contributed by atoms with E-state index in [1.807, 2.05) is 4.90 Å². The van der Waals surface area contributed by atoms with Crippen LogP contribution in [0.25, 0.3) is 0 Å². The van der Waals surface area contributed by atoms with Gasteiger partial charge in [0.05, 0.1) is 0 Å². The minimum atomic E-state index is -0.293. The van der Waals surface area contributed by atoms with Gasteiger partial charge in [-0.25, -0.2) is 4.39 Å². The Morgan fingerprint density at radius 3 is 2.45 bits per heavy atom. The first-order chi connectivity index (χ1) is 10.7. The Bertz CT molecular complexity index is 496. The molecule has 0 aromatic heterocycles. The first kappa shape index (κ1) is 15.5. The summed E-state index contributed by atoms with van der Waals surface area (Å²) in [6.07, 6.45) is 6.04. The summed E-state index contributed by atoms with van der Waals surface area (Å²) in [4.78, 5) is 17.0. The lowest BCUT2D eigenvalue weighted by molar-refractivity contribution is 0.0759. The predicted molar refractivity (Wildman–Crippen MR) is 85.3 cm³/mol. The molecule has 0 saturated carbocycles. The minimum Gasteiger partial charge on any atom is -0.339 e. The number of rotatable bonds is 3. The summed E-state index contributed by atoms with van der Waals surface area (Å²) < 4.78 is 13.0. The van der Waals surface area contributed by atoms with Crippen LogP contribution in [0.4, 0.5) is 4.39 Å². The molecule has 1 aromatic carbocycles. The van der Waals surface area contributed by atoms with Gasteiger partial charge in [-0.1, -0.05) is 0 Å². The van der Waals surface area contributed by atoms with Crippen LogP contribution < -0.4 is 0 Å². The molecule has 120 valence electrons. The summed E-state index contributed by atoms with van der Waals surface area (Å²) >= 11 is 0. The van der Waals surface area contributed by atoms with Crippen molar-refractivity contribution in [1.82, 2.24) is 9.80 Å². The number of hydrogen-bond donors (Lipinski definition) is 0. The van der Waals surface area contributed by atoms with E-state index in [2.05, 4.69) is 4.90 Å². The Morgan fingerprint density at radius 1 is 1.00 bits per heavy atom. The van der Waals surface area contributed by atoms with Crippen molar-refractivity contribution in [2.75, 3.05) is 32.7 Å². The maximum absolute atomic E-state index is 13.0. The molecule has 2 heterocycles. The molecule has 0 N–H and O–H groups in total. The average molecular weight is 304 g/mol. The third-order valence-electron chi connectivity index (χ3n) is 4.94. The summed E-state index contributed by atoms with van der Waals surface area (Å²) in [5.41, 5.74) is 0.597. The SMILES string of the molecule is O=C(c1ccc(F)cc1)N1CCCC(CN2CCCC2)CC1. The number of carbonyl (C=O) groups excluding carboxylic acids is 1. The van der Waals surface area contributed by atoms with Crippen LogP contribution in [0.3, 0.4) is 0 Å². The zero-order chi connectivity index (χ0) is 15.4. The number of benzene rings is 1. The average Bonchev–Trinajstić information content (AvgIpc) is 2.92. The van der Waals surface area contributed by atoms with Gasteiger partial charge in [0.25, 0.3) is 5.91 Å². The third kappa shape index (κ3) is 3.86. The fourth-order valence-corrected chi connectivity index (χ4v) is 3.66.